The van der Waals surface area contributed by atoms with Crippen LogP contribution in [0.2, 0.25) is 0 Å². The highest BCUT2D eigenvalue weighted by molar-refractivity contribution is 5.99. The van der Waals surface area contributed by atoms with E-state index in [9.17, 15) is 19.2 Å². The number of amides is 1. The first-order valence-corrected chi connectivity index (χ1v) is 7.19. The second-order valence-corrected chi connectivity index (χ2v) is 5.09. The van der Waals surface area contributed by atoms with Gasteiger partial charge in [0.1, 0.15) is 5.56 Å². The van der Waals surface area contributed by atoms with E-state index in [1.54, 1.807) is 18.2 Å². The van der Waals surface area contributed by atoms with Crippen molar-refractivity contribution in [2.24, 2.45) is 0 Å². The summed E-state index contributed by atoms with van der Waals surface area (Å²) in [4.78, 5) is 49.2. The molecule has 2 rings (SSSR count). The minimum absolute atomic E-state index is 0.131. The summed E-state index contributed by atoms with van der Waals surface area (Å²) in [5, 5.41) is 2.55. The standard InChI is InChI=1S/C17H16N2O5/c1-10(20)12-5-3-6-13(9-12)19-15(21)11(2)24-17(23)14-7-4-8-18-16(14)22/h3-9,11H,1-2H3,(H,18,22)(H,19,21)/t11-/m0/s1. The zero-order valence-electron chi connectivity index (χ0n) is 13.2. The van der Waals surface area contributed by atoms with Crippen LogP contribution in [0.5, 0.6) is 0 Å². The zero-order valence-corrected chi connectivity index (χ0v) is 13.2. The van der Waals surface area contributed by atoms with E-state index >= 15 is 0 Å². The quantitative estimate of drug-likeness (QED) is 0.643. The predicted octanol–water partition coefficient (Wildman–Crippen LogP) is 1.76. The molecule has 1 aromatic heterocycles. The number of hydrogen-bond acceptors (Lipinski definition) is 5. The number of carbonyl (C=O) groups is 3. The van der Waals surface area contributed by atoms with Crippen molar-refractivity contribution in [1.29, 1.82) is 0 Å². The highest BCUT2D eigenvalue weighted by atomic mass is 16.5. The van der Waals surface area contributed by atoms with Crippen LogP contribution in [-0.2, 0) is 9.53 Å². The summed E-state index contributed by atoms with van der Waals surface area (Å²) in [5.41, 5.74) is 0.0846. The molecule has 1 atom stereocenters. The number of hydrogen-bond donors (Lipinski definition) is 2. The number of rotatable bonds is 5. The third-order valence-electron chi connectivity index (χ3n) is 3.23. The fraction of sp³-hybridized carbons (Fsp3) is 0.176. The molecule has 24 heavy (non-hydrogen) atoms. The van der Waals surface area contributed by atoms with E-state index in [-0.39, 0.29) is 11.3 Å². The van der Waals surface area contributed by atoms with Crippen molar-refractivity contribution >= 4 is 23.3 Å². The SMILES string of the molecule is CC(=O)c1cccc(NC(=O)[C@H](C)OC(=O)c2ccc[nH]c2=O)c1. The van der Waals surface area contributed by atoms with Gasteiger partial charge in [0.05, 0.1) is 0 Å². The Kier molecular flexibility index (Phi) is 5.26. The van der Waals surface area contributed by atoms with E-state index in [2.05, 4.69) is 10.3 Å². The Bertz CT molecular complexity index is 841. The topological polar surface area (TPSA) is 105 Å². The fourth-order valence-electron chi connectivity index (χ4n) is 1.92. The molecular formula is C17H16N2O5. The number of nitrogens with one attached hydrogen (secondary N) is 2. The van der Waals surface area contributed by atoms with Gasteiger partial charge in [-0.2, -0.15) is 0 Å². The predicted molar refractivity (Wildman–Crippen MR) is 87.0 cm³/mol. The largest absolute Gasteiger partial charge is 0.449 e. The Morgan fingerprint density at radius 2 is 1.92 bits per heavy atom. The first-order chi connectivity index (χ1) is 11.4. The lowest BCUT2D eigenvalue weighted by molar-refractivity contribution is -0.123. The smallest absolute Gasteiger partial charge is 0.344 e. The van der Waals surface area contributed by atoms with E-state index in [4.69, 9.17) is 4.74 Å². The van der Waals surface area contributed by atoms with Crippen LogP contribution in [0.15, 0.2) is 47.4 Å². The molecule has 0 aliphatic carbocycles. The van der Waals surface area contributed by atoms with Crippen molar-refractivity contribution in [2.75, 3.05) is 5.32 Å². The monoisotopic (exact) mass is 328 g/mol. The van der Waals surface area contributed by atoms with Crippen LogP contribution in [0.1, 0.15) is 34.6 Å². The maximum atomic E-state index is 12.1. The summed E-state index contributed by atoms with van der Waals surface area (Å²) < 4.78 is 4.99. The second-order valence-electron chi connectivity index (χ2n) is 5.09. The van der Waals surface area contributed by atoms with Crippen LogP contribution in [0.3, 0.4) is 0 Å². The molecular weight excluding hydrogens is 312 g/mol. The maximum absolute atomic E-state index is 12.1. The number of ether oxygens (including phenoxy) is 1. The number of carbonyl (C=O) groups excluding carboxylic acids is 3. The summed E-state index contributed by atoms with van der Waals surface area (Å²) >= 11 is 0. The van der Waals surface area contributed by atoms with Crippen LogP contribution in [0.4, 0.5) is 5.69 Å². The molecule has 0 unspecified atom stereocenters. The molecule has 0 fully saturated rings. The van der Waals surface area contributed by atoms with Crippen molar-refractivity contribution in [3.63, 3.8) is 0 Å². The Morgan fingerprint density at radius 3 is 2.58 bits per heavy atom. The van der Waals surface area contributed by atoms with Gasteiger partial charge in [-0.15, -0.1) is 0 Å². The molecule has 2 N–H and O–H groups in total. The first kappa shape index (κ1) is 17.1. The van der Waals surface area contributed by atoms with Crippen LogP contribution < -0.4 is 10.9 Å². The average Bonchev–Trinajstić information content (AvgIpc) is 2.55. The van der Waals surface area contributed by atoms with Crippen molar-refractivity contribution in [2.45, 2.75) is 20.0 Å². The molecule has 0 aliphatic heterocycles. The molecule has 0 aliphatic rings. The number of aromatic nitrogens is 1. The van der Waals surface area contributed by atoms with Crippen LogP contribution >= 0.6 is 0 Å². The van der Waals surface area contributed by atoms with Crippen molar-refractivity contribution in [1.82, 2.24) is 4.98 Å². The van der Waals surface area contributed by atoms with Gasteiger partial charge in [0, 0.05) is 17.4 Å². The van der Waals surface area contributed by atoms with Crippen molar-refractivity contribution in [3.8, 4) is 0 Å². The molecule has 0 radical (unpaired) electrons. The Morgan fingerprint density at radius 1 is 1.17 bits per heavy atom. The van der Waals surface area contributed by atoms with Gasteiger partial charge in [-0.25, -0.2) is 4.79 Å². The minimum Gasteiger partial charge on any atom is -0.449 e. The molecule has 1 amide bonds. The molecule has 2 aromatic rings. The molecule has 0 saturated heterocycles. The molecule has 1 aromatic carbocycles. The number of pyridine rings is 1. The number of benzene rings is 1. The normalized spacial score (nSPS) is 11.4. The van der Waals surface area contributed by atoms with E-state index in [0.29, 0.717) is 11.3 Å². The molecule has 0 saturated carbocycles. The van der Waals surface area contributed by atoms with Gasteiger partial charge in [-0.1, -0.05) is 12.1 Å². The van der Waals surface area contributed by atoms with Gasteiger partial charge in [0.25, 0.3) is 11.5 Å². The summed E-state index contributed by atoms with van der Waals surface area (Å²) in [7, 11) is 0. The van der Waals surface area contributed by atoms with Gasteiger partial charge >= 0.3 is 5.97 Å². The Labute approximate surface area is 137 Å². The number of esters is 1. The molecule has 1 heterocycles. The van der Waals surface area contributed by atoms with Gasteiger partial charge in [-0.3, -0.25) is 14.4 Å². The van der Waals surface area contributed by atoms with Gasteiger partial charge < -0.3 is 15.0 Å². The third-order valence-corrected chi connectivity index (χ3v) is 3.23. The van der Waals surface area contributed by atoms with E-state index in [1.807, 2.05) is 0 Å². The van der Waals surface area contributed by atoms with Gasteiger partial charge in [0.15, 0.2) is 11.9 Å². The van der Waals surface area contributed by atoms with Crippen LogP contribution in [0, 0.1) is 0 Å². The average molecular weight is 328 g/mol. The number of ketones is 1. The van der Waals surface area contributed by atoms with E-state index in [1.165, 1.54) is 38.2 Å². The summed E-state index contributed by atoms with van der Waals surface area (Å²) in [6.07, 6.45) is 0.273. The molecule has 0 spiro atoms. The molecule has 0 bridgehead atoms. The number of H-pyrrole nitrogens is 1. The molecule has 124 valence electrons. The summed E-state index contributed by atoms with van der Waals surface area (Å²) in [6, 6.07) is 9.19. The third kappa shape index (κ3) is 4.16. The fourth-order valence-corrected chi connectivity index (χ4v) is 1.92. The lowest BCUT2D eigenvalue weighted by Crippen LogP contribution is -2.31. The van der Waals surface area contributed by atoms with E-state index < -0.39 is 23.5 Å². The highest BCUT2D eigenvalue weighted by Gasteiger charge is 2.20. The lowest BCUT2D eigenvalue weighted by atomic mass is 10.1. The highest BCUT2D eigenvalue weighted by Crippen LogP contribution is 2.12. The Balaban J connectivity index is 2.03. The molecule has 7 heteroatoms. The summed E-state index contributed by atoms with van der Waals surface area (Å²) in [5.74, 6) is -1.60. The van der Waals surface area contributed by atoms with Crippen LogP contribution in [0.25, 0.3) is 0 Å². The van der Waals surface area contributed by atoms with Crippen molar-refractivity contribution < 1.29 is 19.1 Å². The van der Waals surface area contributed by atoms with Gasteiger partial charge in [-0.05, 0) is 38.1 Å². The van der Waals surface area contributed by atoms with Crippen molar-refractivity contribution in [3.05, 3.63) is 64.1 Å². The lowest BCUT2D eigenvalue weighted by Gasteiger charge is -2.13. The number of aromatic amines is 1. The Hall–Kier alpha value is -3.22. The van der Waals surface area contributed by atoms with E-state index in [0.717, 1.165) is 0 Å². The second kappa shape index (κ2) is 7.36. The summed E-state index contributed by atoms with van der Waals surface area (Å²) in [6.45, 7) is 2.81. The number of Topliss-reactive ketones (excluding diaryl/α,β-unsaturated/α-hetero) is 1. The van der Waals surface area contributed by atoms with Gasteiger partial charge in [0.2, 0.25) is 0 Å². The maximum Gasteiger partial charge on any atom is 0.344 e. The number of anilines is 1. The molecule has 7 nitrogen and oxygen atoms in total. The zero-order chi connectivity index (χ0) is 17.7. The van der Waals surface area contributed by atoms with Crippen LogP contribution in [-0.4, -0.2) is 28.7 Å². The minimum atomic E-state index is -1.11. The first-order valence-electron chi connectivity index (χ1n) is 7.19.